The first kappa shape index (κ1) is 20.4. The third-order valence-electron chi connectivity index (χ3n) is 4.82. The van der Waals surface area contributed by atoms with Crippen LogP contribution < -0.4 is 5.32 Å². The zero-order valence-corrected chi connectivity index (χ0v) is 17.1. The van der Waals surface area contributed by atoms with E-state index in [1.807, 2.05) is 0 Å². The molecule has 1 saturated heterocycles. The van der Waals surface area contributed by atoms with Gasteiger partial charge >= 0.3 is 6.03 Å². The molecule has 3 aromatic rings. The number of urea groups is 1. The van der Waals surface area contributed by atoms with Gasteiger partial charge in [-0.15, -0.1) is 0 Å². The fraction of sp³-hybridized carbons (Fsp3) is 0.0909. The second-order valence-corrected chi connectivity index (χ2v) is 7.40. The number of hydrogen-bond donors (Lipinski definition) is 1. The van der Waals surface area contributed by atoms with E-state index in [0.717, 1.165) is 10.5 Å². The van der Waals surface area contributed by atoms with Crippen LogP contribution in [0.2, 0.25) is 5.02 Å². The van der Waals surface area contributed by atoms with Gasteiger partial charge in [-0.2, -0.15) is 0 Å². The number of halogens is 1. The van der Waals surface area contributed by atoms with Crippen molar-refractivity contribution in [1.82, 2.24) is 10.2 Å². The predicted molar refractivity (Wildman–Crippen MR) is 114 cm³/mol. The minimum atomic E-state index is -0.535. The summed E-state index contributed by atoms with van der Waals surface area (Å²) in [6, 6.07) is 14.4. The van der Waals surface area contributed by atoms with E-state index in [0.29, 0.717) is 27.7 Å². The number of rotatable bonds is 5. The summed E-state index contributed by atoms with van der Waals surface area (Å²) in [4.78, 5) is 36.7. The maximum atomic E-state index is 12.7. The normalized spacial score (nSPS) is 14.9. The number of furan rings is 1. The highest BCUT2D eigenvalue weighted by Gasteiger charge is 2.33. The average Bonchev–Trinajstić information content (AvgIpc) is 3.30. The van der Waals surface area contributed by atoms with Gasteiger partial charge in [0.1, 0.15) is 17.2 Å². The van der Waals surface area contributed by atoms with Gasteiger partial charge in [-0.3, -0.25) is 19.8 Å². The Labute approximate surface area is 181 Å². The second kappa shape index (κ2) is 8.08. The topological polar surface area (TPSA) is 106 Å². The molecule has 1 aliphatic heterocycles. The lowest BCUT2D eigenvalue weighted by atomic mass is 10.1. The zero-order valence-electron chi connectivity index (χ0n) is 16.3. The van der Waals surface area contributed by atoms with Crippen molar-refractivity contribution < 1.29 is 18.9 Å². The lowest BCUT2D eigenvalue weighted by molar-refractivity contribution is -0.385. The van der Waals surface area contributed by atoms with Crippen molar-refractivity contribution >= 4 is 35.3 Å². The van der Waals surface area contributed by atoms with E-state index < -0.39 is 16.9 Å². The van der Waals surface area contributed by atoms with Crippen molar-refractivity contribution in [3.05, 3.63) is 92.3 Å². The lowest BCUT2D eigenvalue weighted by Gasteiger charge is -2.11. The molecule has 156 valence electrons. The molecule has 1 aliphatic rings. The van der Waals surface area contributed by atoms with Gasteiger partial charge < -0.3 is 9.73 Å². The summed E-state index contributed by atoms with van der Waals surface area (Å²) < 4.78 is 5.72. The summed E-state index contributed by atoms with van der Waals surface area (Å²) in [5, 5.41) is 14.3. The number of benzene rings is 2. The smallest absolute Gasteiger partial charge is 0.329 e. The van der Waals surface area contributed by atoms with Crippen LogP contribution in [0.5, 0.6) is 0 Å². The molecule has 3 amide bonds. The first-order valence-electron chi connectivity index (χ1n) is 9.26. The van der Waals surface area contributed by atoms with Crippen LogP contribution in [0.4, 0.5) is 10.5 Å². The van der Waals surface area contributed by atoms with Gasteiger partial charge in [0.2, 0.25) is 0 Å². The van der Waals surface area contributed by atoms with E-state index in [-0.39, 0.29) is 17.9 Å². The minimum Gasteiger partial charge on any atom is -0.457 e. The Morgan fingerprint density at radius 3 is 2.58 bits per heavy atom. The number of carbonyl (C=O) groups is 2. The molecule has 0 atom stereocenters. The Hall–Kier alpha value is -3.91. The molecule has 2 heterocycles. The molecule has 0 aliphatic carbocycles. The van der Waals surface area contributed by atoms with Crippen LogP contribution in [0, 0.1) is 17.0 Å². The number of amides is 3. The Morgan fingerprint density at radius 1 is 1.13 bits per heavy atom. The molecular formula is C22H16ClN3O5. The highest BCUT2D eigenvalue weighted by Crippen LogP contribution is 2.29. The molecule has 2 aromatic carbocycles. The SMILES string of the molecule is Cc1ccc(-c2ccc(C=C3NC(=O)N(Cc4ccc(Cl)cc4)C3=O)o2)cc1[N+](=O)[O-]. The van der Waals surface area contributed by atoms with Crippen LogP contribution in [-0.2, 0) is 11.3 Å². The molecule has 0 bridgehead atoms. The third kappa shape index (κ3) is 4.19. The van der Waals surface area contributed by atoms with E-state index in [4.69, 9.17) is 16.0 Å². The Morgan fingerprint density at radius 2 is 1.87 bits per heavy atom. The molecule has 4 rings (SSSR count). The van der Waals surface area contributed by atoms with Crippen LogP contribution >= 0.6 is 11.6 Å². The number of nitro groups is 1. The first-order chi connectivity index (χ1) is 14.8. The van der Waals surface area contributed by atoms with Crippen LogP contribution in [0.3, 0.4) is 0 Å². The fourth-order valence-corrected chi connectivity index (χ4v) is 3.30. The number of nitrogens with zero attached hydrogens (tertiary/aromatic N) is 2. The van der Waals surface area contributed by atoms with E-state index in [1.165, 1.54) is 12.1 Å². The molecule has 0 saturated carbocycles. The highest BCUT2D eigenvalue weighted by atomic mass is 35.5. The average molecular weight is 438 g/mol. The summed E-state index contributed by atoms with van der Waals surface area (Å²) in [7, 11) is 0. The number of imide groups is 1. The van der Waals surface area contributed by atoms with Crippen LogP contribution in [-0.4, -0.2) is 21.8 Å². The quantitative estimate of drug-likeness (QED) is 0.264. The first-order valence-corrected chi connectivity index (χ1v) is 9.64. The largest absolute Gasteiger partial charge is 0.457 e. The molecule has 1 N–H and O–H groups in total. The summed E-state index contributed by atoms with van der Waals surface area (Å²) in [6.07, 6.45) is 1.42. The fourth-order valence-electron chi connectivity index (χ4n) is 3.17. The molecule has 0 spiro atoms. The van der Waals surface area contributed by atoms with Gasteiger partial charge in [-0.1, -0.05) is 35.9 Å². The number of hydrogen-bond acceptors (Lipinski definition) is 5. The van der Waals surface area contributed by atoms with Gasteiger partial charge in [0.05, 0.1) is 11.5 Å². The van der Waals surface area contributed by atoms with Crippen LogP contribution in [0.25, 0.3) is 17.4 Å². The Kier molecular flexibility index (Phi) is 5.31. The zero-order chi connectivity index (χ0) is 22.1. The number of nitro benzene ring substituents is 1. The Balaban J connectivity index is 1.55. The number of carbonyl (C=O) groups excluding carboxylic acids is 2. The maximum absolute atomic E-state index is 12.7. The molecule has 9 heteroatoms. The van der Waals surface area contributed by atoms with Crippen molar-refractivity contribution in [2.24, 2.45) is 0 Å². The summed E-state index contributed by atoms with van der Waals surface area (Å²) in [5.74, 6) is 0.254. The summed E-state index contributed by atoms with van der Waals surface area (Å²) >= 11 is 5.86. The van der Waals surface area contributed by atoms with Crippen molar-refractivity contribution in [2.75, 3.05) is 0 Å². The molecular weight excluding hydrogens is 422 g/mol. The van der Waals surface area contributed by atoms with E-state index >= 15 is 0 Å². The third-order valence-corrected chi connectivity index (χ3v) is 5.07. The summed E-state index contributed by atoms with van der Waals surface area (Å²) in [5.41, 5.74) is 1.91. The van der Waals surface area contributed by atoms with Crippen LogP contribution in [0.15, 0.2) is 64.7 Å². The van der Waals surface area contributed by atoms with Gasteiger partial charge in [0.25, 0.3) is 11.6 Å². The number of nitrogens with one attached hydrogen (secondary N) is 1. The maximum Gasteiger partial charge on any atom is 0.329 e. The van der Waals surface area contributed by atoms with Crippen molar-refractivity contribution in [2.45, 2.75) is 13.5 Å². The number of aryl methyl sites for hydroxylation is 1. The molecule has 0 radical (unpaired) electrons. The molecule has 8 nitrogen and oxygen atoms in total. The molecule has 1 aromatic heterocycles. The highest BCUT2D eigenvalue weighted by molar-refractivity contribution is 6.30. The standard InChI is InChI=1S/C22H16ClN3O5/c1-13-2-5-15(10-19(13)26(29)30)20-9-8-17(31-20)11-18-21(27)25(22(28)24-18)12-14-3-6-16(23)7-4-14/h2-11H,12H2,1H3,(H,24,28). The molecule has 0 unspecified atom stereocenters. The van der Waals surface area contributed by atoms with E-state index in [2.05, 4.69) is 5.32 Å². The van der Waals surface area contributed by atoms with Crippen molar-refractivity contribution in [3.63, 3.8) is 0 Å². The second-order valence-electron chi connectivity index (χ2n) is 6.97. The van der Waals surface area contributed by atoms with Crippen molar-refractivity contribution in [3.8, 4) is 11.3 Å². The summed E-state index contributed by atoms with van der Waals surface area (Å²) in [6.45, 7) is 1.76. The van der Waals surface area contributed by atoms with E-state index in [9.17, 15) is 19.7 Å². The molecule has 31 heavy (non-hydrogen) atoms. The van der Waals surface area contributed by atoms with Crippen LogP contribution in [0.1, 0.15) is 16.9 Å². The minimum absolute atomic E-state index is 0.00937. The monoisotopic (exact) mass is 437 g/mol. The van der Waals surface area contributed by atoms with Gasteiger partial charge in [0.15, 0.2) is 0 Å². The van der Waals surface area contributed by atoms with E-state index in [1.54, 1.807) is 55.5 Å². The van der Waals surface area contributed by atoms with Gasteiger partial charge in [-0.25, -0.2) is 4.79 Å². The predicted octanol–water partition coefficient (Wildman–Crippen LogP) is 4.91. The van der Waals surface area contributed by atoms with Crippen molar-refractivity contribution in [1.29, 1.82) is 0 Å². The lowest BCUT2D eigenvalue weighted by Crippen LogP contribution is -2.30. The van der Waals surface area contributed by atoms with Gasteiger partial charge in [-0.05, 0) is 36.8 Å². The molecule has 1 fully saturated rings. The Bertz CT molecular complexity index is 1230. The van der Waals surface area contributed by atoms with Gasteiger partial charge in [0, 0.05) is 28.3 Å².